The standard InChI is InChI=1S/C13H9.C12H10Si.C9H7.2ClH.Hf/c1-3-7-12-10(5-1)9-11-6-2-4-8-13(11)12;1-3-7-11(8-4-1)13-12-9-5-2-6-10-12;1-2-5-9-7-3-6-8(9)4-1;;;/h1-9H;1-10H;1-7H;2*1H;. The number of rotatable bonds is 4. The van der Waals surface area contributed by atoms with E-state index in [1.807, 2.05) is 0 Å². The van der Waals surface area contributed by atoms with E-state index >= 15 is 0 Å². The molecule has 0 amide bonds. The maximum atomic E-state index is 2.59. The molecule has 0 saturated heterocycles. The second-order valence-electron chi connectivity index (χ2n) is 9.64. The van der Waals surface area contributed by atoms with Crippen LogP contribution in [0.2, 0.25) is 0 Å². The van der Waals surface area contributed by atoms with Gasteiger partial charge in [-0.1, -0.05) is 0 Å². The van der Waals surface area contributed by atoms with Crippen LogP contribution in [0.4, 0.5) is 0 Å². The van der Waals surface area contributed by atoms with Crippen molar-refractivity contribution in [2.75, 3.05) is 0 Å². The van der Waals surface area contributed by atoms with E-state index in [-0.39, 0.29) is 24.8 Å². The van der Waals surface area contributed by atoms with Gasteiger partial charge in [0.05, 0.1) is 0 Å². The zero-order valence-corrected chi connectivity index (χ0v) is 27.1. The van der Waals surface area contributed by atoms with E-state index in [4.69, 9.17) is 0 Å². The Kier molecular flexibility index (Phi) is 8.35. The molecule has 0 nitrogen and oxygen atoms in total. The average molecular weight is 714 g/mol. The molecular formula is C34H28Cl2HfSi. The minimum absolute atomic E-state index is 0. The van der Waals surface area contributed by atoms with Crippen LogP contribution in [-0.2, 0) is 20.1 Å². The monoisotopic (exact) mass is 714 g/mol. The molecule has 38 heavy (non-hydrogen) atoms. The molecule has 0 radical (unpaired) electrons. The summed E-state index contributed by atoms with van der Waals surface area (Å²) in [7, 11) is 0. The molecule has 0 heterocycles. The Morgan fingerprint density at radius 1 is 0.474 bits per heavy atom. The minimum atomic E-state index is -2.68. The quantitative estimate of drug-likeness (QED) is 0.167. The number of halogens is 2. The molecule has 7 rings (SSSR count). The zero-order chi connectivity index (χ0) is 23.9. The summed E-state index contributed by atoms with van der Waals surface area (Å²) in [5, 5.41) is 3.16. The predicted molar refractivity (Wildman–Crippen MR) is 164 cm³/mol. The zero-order valence-electron chi connectivity index (χ0n) is 20.8. The summed E-state index contributed by atoms with van der Waals surface area (Å²) in [6, 6.07) is 50.7. The number of allylic oxidation sites excluding steroid dienone is 1. The van der Waals surface area contributed by atoms with Crippen molar-refractivity contribution in [3.63, 3.8) is 0 Å². The molecule has 0 spiro atoms. The van der Waals surface area contributed by atoms with Gasteiger partial charge in [0.25, 0.3) is 0 Å². The van der Waals surface area contributed by atoms with Crippen molar-refractivity contribution in [1.82, 2.24) is 0 Å². The Morgan fingerprint density at radius 2 is 0.921 bits per heavy atom. The molecule has 2 aliphatic carbocycles. The third-order valence-electron chi connectivity index (χ3n) is 7.69. The molecule has 0 aromatic heterocycles. The van der Waals surface area contributed by atoms with Gasteiger partial charge in [0.2, 0.25) is 0 Å². The summed E-state index contributed by atoms with van der Waals surface area (Å²) in [5.74, 6) is 0. The van der Waals surface area contributed by atoms with Crippen molar-refractivity contribution in [2.24, 2.45) is 0 Å². The number of hydrogen-bond acceptors (Lipinski definition) is 0. The fourth-order valence-corrected chi connectivity index (χ4v) is 39.4. The molecule has 1 atom stereocenters. The van der Waals surface area contributed by atoms with Crippen LogP contribution in [0.1, 0.15) is 29.6 Å². The van der Waals surface area contributed by atoms with Crippen molar-refractivity contribution in [1.29, 1.82) is 0 Å². The van der Waals surface area contributed by atoms with Gasteiger partial charge < -0.3 is 0 Å². The van der Waals surface area contributed by atoms with Crippen molar-refractivity contribution in [2.45, 2.75) is 7.35 Å². The van der Waals surface area contributed by atoms with Crippen LogP contribution in [0.15, 0.2) is 140 Å². The van der Waals surface area contributed by atoms with Crippen molar-refractivity contribution in [3.8, 4) is 11.1 Å². The van der Waals surface area contributed by atoms with Crippen LogP contribution >= 0.6 is 24.8 Å². The Bertz CT molecular complexity index is 1560. The van der Waals surface area contributed by atoms with Crippen LogP contribution in [-0.4, -0.2) is 5.49 Å². The summed E-state index contributed by atoms with van der Waals surface area (Å²) >= 11 is -2.68. The molecule has 186 valence electrons. The second-order valence-corrected chi connectivity index (χ2v) is 29.2. The minimum Gasteiger partial charge on any atom is -0.147 e. The predicted octanol–water partition coefficient (Wildman–Crippen LogP) is 7.79. The first kappa shape index (κ1) is 27.1. The van der Waals surface area contributed by atoms with Gasteiger partial charge in [0.1, 0.15) is 0 Å². The molecule has 0 fully saturated rings. The SMILES string of the molecule is C1=C[CH]([Hf]([CH]2c3ccccc3-c3ccccc32)=[Si](c2ccccc2)c2ccccc2)c2ccccc21.Cl.Cl. The van der Waals surface area contributed by atoms with E-state index in [9.17, 15) is 0 Å². The summed E-state index contributed by atoms with van der Waals surface area (Å²) in [4.78, 5) is 0. The van der Waals surface area contributed by atoms with Crippen LogP contribution < -0.4 is 10.4 Å². The van der Waals surface area contributed by atoms with Crippen molar-refractivity contribution in [3.05, 3.63) is 162 Å². The van der Waals surface area contributed by atoms with E-state index in [1.165, 1.54) is 16.7 Å². The Balaban J connectivity index is 0.00000147. The van der Waals surface area contributed by atoms with Gasteiger partial charge in [-0.25, -0.2) is 0 Å². The fourth-order valence-electron chi connectivity index (χ4n) is 6.20. The smallest absolute Gasteiger partial charge is 0.147 e. The Morgan fingerprint density at radius 3 is 1.47 bits per heavy atom. The maximum absolute atomic E-state index is 2.68. The van der Waals surface area contributed by atoms with E-state index in [0.29, 0.717) is 7.35 Å². The van der Waals surface area contributed by atoms with Crippen LogP contribution in [0.25, 0.3) is 17.2 Å². The van der Waals surface area contributed by atoms with E-state index in [1.54, 1.807) is 27.1 Å². The molecule has 0 saturated carbocycles. The van der Waals surface area contributed by atoms with Crippen LogP contribution in [0, 0.1) is 0 Å². The normalized spacial score (nSPS) is 14.5. The van der Waals surface area contributed by atoms with E-state index < -0.39 is 25.6 Å². The maximum Gasteiger partial charge on any atom is -0.147 e. The van der Waals surface area contributed by atoms with Crippen molar-refractivity contribution < 1.29 is 20.1 Å². The molecule has 0 N–H and O–H groups in total. The topological polar surface area (TPSA) is 0 Å². The third kappa shape index (κ3) is 4.62. The fraction of sp³-hybridized carbons (Fsp3) is 0.0588. The Labute approximate surface area is 245 Å². The molecule has 4 heteroatoms. The summed E-state index contributed by atoms with van der Waals surface area (Å²) in [5.41, 5.74) is 8.09. The summed E-state index contributed by atoms with van der Waals surface area (Å²) in [6.45, 7) is 0. The Hall–Kier alpha value is -2.49. The van der Waals surface area contributed by atoms with E-state index in [0.717, 1.165) is 0 Å². The van der Waals surface area contributed by atoms with E-state index in [2.05, 4.69) is 146 Å². The molecule has 5 aromatic carbocycles. The van der Waals surface area contributed by atoms with Crippen LogP contribution in [0.5, 0.6) is 0 Å². The summed E-state index contributed by atoms with van der Waals surface area (Å²) in [6.07, 6.45) is 5.00. The third-order valence-corrected chi connectivity index (χ3v) is 36.1. The molecular weight excluding hydrogens is 686 g/mol. The first-order valence-electron chi connectivity index (χ1n) is 12.7. The second kappa shape index (κ2) is 11.7. The number of hydrogen-bond donors (Lipinski definition) is 0. The first-order valence-corrected chi connectivity index (χ1v) is 23.7. The number of fused-ring (bicyclic) bond motifs is 4. The summed E-state index contributed by atoms with van der Waals surface area (Å²) < 4.78 is 1.13. The molecule has 5 aromatic rings. The van der Waals surface area contributed by atoms with Crippen LogP contribution in [0.3, 0.4) is 0 Å². The molecule has 0 bridgehead atoms. The first-order chi connectivity index (χ1) is 17.9. The largest absolute Gasteiger partial charge is 0.147 e. The molecule has 1 unspecified atom stereocenters. The van der Waals surface area contributed by atoms with Gasteiger partial charge in [0, 0.05) is 0 Å². The molecule has 2 aliphatic rings. The van der Waals surface area contributed by atoms with Gasteiger partial charge in [-0.05, 0) is 0 Å². The van der Waals surface area contributed by atoms with Gasteiger partial charge in [0.15, 0.2) is 0 Å². The average Bonchev–Trinajstić information content (AvgIpc) is 3.52. The van der Waals surface area contributed by atoms with Crippen molar-refractivity contribution >= 4 is 46.8 Å². The van der Waals surface area contributed by atoms with Gasteiger partial charge in [-0.15, -0.1) is 24.8 Å². The van der Waals surface area contributed by atoms with Gasteiger partial charge in [-0.3, -0.25) is 0 Å². The van der Waals surface area contributed by atoms with Gasteiger partial charge in [-0.2, -0.15) is 0 Å². The van der Waals surface area contributed by atoms with Gasteiger partial charge >= 0.3 is 222 Å². The number of benzene rings is 5. The molecule has 0 aliphatic heterocycles.